The fraction of sp³-hybridized carbons (Fsp3) is 0.529. The van der Waals surface area contributed by atoms with E-state index in [1.54, 1.807) is 6.20 Å². The lowest BCUT2D eigenvalue weighted by Crippen LogP contribution is -2.48. The molecule has 0 unspecified atom stereocenters. The Kier molecular flexibility index (Phi) is 4.26. The fourth-order valence-corrected chi connectivity index (χ4v) is 2.81. The second-order valence-corrected chi connectivity index (χ2v) is 7.18. The Hall–Kier alpha value is -2.08. The van der Waals surface area contributed by atoms with Gasteiger partial charge in [-0.15, -0.1) is 0 Å². The summed E-state index contributed by atoms with van der Waals surface area (Å²) in [5.41, 5.74) is 2.96. The maximum absolute atomic E-state index is 12.3. The first-order chi connectivity index (χ1) is 10.9. The molecule has 0 radical (unpaired) electrons. The van der Waals surface area contributed by atoms with Gasteiger partial charge in [0, 0.05) is 50.0 Å². The molecule has 0 aliphatic carbocycles. The van der Waals surface area contributed by atoms with Gasteiger partial charge >= 0.3 is 0 Å². The summed E-state index contributed by atoms with van der Waals surface area (Å²) in [6.45, 7) is 10.6. The van der Waals surface area contributed by atoms with Gasteiger partial charge in [0.2, 0.25) is 0 Å². The molecule has 2 aromatic rings. The van der Waals surface area contributed by atoms with Gasteiger partial charge in [-0.25, -0.2) is 0 Å². The van der Waals surface area contributed by atoms with Crippen molar-refractivity contribution in [3.8, 4) is 0 Å². The molecule has 3 rings (SSSR count). The van der Waals surface area contributed by atoms with Gasteiger partial charge in [0.05, 0.1) is 5.69 Å². The predicted octanol–water partition coefficient (Wildman–Crippen LogP) is 1.99. The third kappa shape index (κ3) is 3.64. The van der Waals surface area contributed by atoms with Gasteiger partial charge in [-0.05, 0) is 18.2 Å². The van der Waals surface area contributed by atoms with Crippen molar-refractivity contribution in [2.75, 3.05) is 26.2 Å². The molecule has 2 aromatic heterocycles. The standard InChI is InChI=1S/C17H25N5O/c1-17(2,3)15-11-13(19-20-15)12-21-7-9-22(10-8-21)16(23)14-5-4-6-18-14/h4-6,11,18H,7-10,12H2,1-3H3,(H,19,20). The molecule has 23 heavy (non-hydrogen) atoms. The van der Waals surface area contributed by atoms with Gasteiger partial charge in [-0.1, -0.05) is 20.8 Å². The summed E-state index contributed by atoms with van der Waals surface area (Å²) in [6, 6.07) is 5.83. The van der Waals surface area contributed by atoms with Crippen molar-refractivity contribution in [1.29, 1.82) is 0 Å². The average molecular weight is 315 g/mol. The maximum Gasteiger partial charge on any atom is 0.270 e. The van der Waals surface area contributed by atoms with Crippen LogP contribution in [0.15, 0.2) is 24.4 Å². The number of rotatable bonds is 3. The van der Waals surface area contributed by atoms with Gasteiger partial charge in [-0.3, -0.25) is 14.8 Å². The van der Waals surface area contributed by atoms with Crippen LogP contribution in [0.25, 0.3) is 0 Å². The quantitative estimate of drug-likeness (QED) is 0.910. The number of nitrogens with one attached hydrogen (secondary N) is 2. The second-order valence-electron chi connectivity index (χ2n) is 7.18. The molecule has 0 saturated carbocycles. The molecule has 1 aliphatic rings. The van der Waals surface area contributed by atoms with Crippen LogP contribution in [0.5, 0.6) is 0 Å². The number of hydrogen-bond acceptors (Lipinski definition) is 3. The van der Waals surface area contributed by atoms with E-state index in [0.29, 0.717) is 5.69 Å². The van der Waals surface area contributed by atoms with Crippen LogP contribution in [-0.2, 0) is 12.0 Å². The van der Waals surface area contributed by atoms with Crippen molar-refractivity contribution >= 4 is 5.91 Å². The van der Waals surface area contributed by atoms with Crippen LogP contribution in [0.2, 0.25) is 0 Å². The Bertz CT molecular complexity index is 645. The van der Waals surface area contributed by atoms with Crippen molar-refractivity contribution in [2.45, 2.75) is 32.7 Å². The maximum atomic E-state index is 12.3. The first-order valence-corrected chi connectivity index (χ1v) is 8.13. The van der Waals surface area contributed by atoms with E-state index in [4.69, 9.17) is 0 Å². The molecule has 0 atom stereocenters. The first-order valence-electron chi connectivity index (χ1n) is 8.13. The highest BCUT2D eigenvalue weighted by Crippen LogP contribution is 2.21. The molecule has 0 aromatic carbocycles. The van der Waals surface area contributed by atoms with E-state index >= 15 is 0 Å². The van der Waals surface area contributed by atoms with Crippen LogP contribution in [0.3, 0.4) is 0 Å². The van der Waals surface area contributed by atoms with Crippen molar-refractivity contribution in [3.05, 3.63) is 41.5 Å². The van der Waals surface area contributed by atoms with Crippen molar-refractivity contribution in [1.82, 2.24) is 25.0 Å². The predicted molar refractivity (Wildman–Crippen MR) is 89.3 cm³/mol. The Morgan fingerprint density at radius 2 is 2.00 bits per heavy atom. The smallest absolute Gasteiger partial charge is 0.270 e. The Balaban J connectivity index is 1.53. The van der Waals surface area contributed by atoms with Gasteiger partial charge in [-0.2, -0.15) is 5.10 Å². The van der Waals surface area contributed by atoms with Gasteiger partial charge in [0.1, 0.15) is 5.69 Å². The minimum atomic E-state index is 0.0654. The summed E-state index contributed by atoms with van der Waals surface area (Å²) in [5.74, 6) is 0.0891. The van der Waals surface area contributed by atoms with Crippen LogP contribution < -0.4 is 0 Å². The molecule has 6 nitrogen and oxygen atoms in total. The van der Waals surface area contributed by atoms with E-state index in [1.807, 2.05) is 17.0 Å². The van der Waals surface area contributed by atoms with Crippen LogP contribution >= 0.6 is 0 Å². The van der Waals surface area contributed by atoms with Crippen LogP contribution in [0.4, 0.5) is 0 Å². The summed E-state index contributed by atoms with van der Waals surface area (Å²) in [4.78, 5) is 19.6. The van der Waals surface area contributed by atoms with E-state index in [9.17, 15) is 4.79 Å². The number of carbonyl (C=O) groups is 1. The minimum Gasteiger partial charge on any atom is -0.357 e. The summed E-state index contributed by atoms with van der Waals surface area (Å²) in [7, 11) is 0. The molecular formula is C17H25N5O. The fourth-order valence-electron chi connectivity index (χ4n) is 2.81. The average Bonchev–Trinajstić information content (AvgIpc) is 3.18. The molecule has 1 fully saturated rings. The molecule has 0 spiro atoms. The third-order valence-corrected chi connectivity index (χ3v) is 4.28. The summed E-state index contributed by atoms with van der Waals surface area (Å²) in [5, 5.41) is 7.55. The van der Waals surface area contributed by atoms with E-state index in [0.717, 1.165) is 44.1 Å². The highest BCUT2D eigenvalue weighted by molar-refractivity contribution is 5.92. The number of amides is 1. The molecule has 124 valence electrons. The Morgan fingerprint density at radius 3 is 2.57 bits per heavy atom. The second kappa shape index (κ2) is 6.20. The normalized spacial score (nSPS) is 16.7. The molecule has 1 amide bonds. The third-order valence-electron chi connectivity index (χ3n) is 4.28. The molecule has 1 aliphatic heterocycles. The molecule has 2 N–H and O–H groups in total. The highest BCUT2D eigenvalue weighted by Gasteiger charge is 2.23. The summed E-state index contributed by atoms with van der Waals surface area (Å²) in [6.07, 6.45) is 1.79. The van der Waals surface area contributed by atoms with Crippen LogP contribution in [0.1, 0.15) is 42.6 Å². The number of carbonyl (C=O) groups excluding carboxylic acids is 1. The van der Waals surface area contributed by atoms with E-state index in [1.165, 1.54) is 0 Å². The number of nitrogens with zero attached hydrogens (tertiary/aromatic N) is 3. The SMILES string of the molecule is CC(C)(C)c1cc(CN2CCN(C(=O)c3ccc[nH]3)CC2)[nH]n1. The largest absolute Gasteiger partial charge is 0.357 e. The molecule has 3 heterocycles. The zero-order valence-electron chi connectivity index (χ0n) is 14.1. The zero-order valence-corrected chi connectivity index (χ0v) is 14.1. The van der Waals surface area contributed by atoms with Crippen molar-refractivity contribution < 1.29 is 4.79 Å². The number of aromatic nitrogens is 3. The van der Waals surface area contributed by atoms with Crippen molar-refractivity contribution in [3.63, 3.8) is 0 Å². The lowest BCUT2D eigenvalue weighted by molar-refractivity contribution is 0.0622. The Labute approximate surface area is 136 Å². The number of H-pyrrole nitrogens is 2. The first kappa shape index (κ1) is 15.8. The van der Waals surface area contributed by atoms with E-state index in [2.05, 4.69) is 46.9 Å². The van der Waals surface area contributed by atoms with E-state index in [-0.39, 0.29) is 11.3 Å². The molecule has 0 bridgehead atoms. The Morgan fingerprint density at radius 1 is 1.26 bits per heavy atom. The summed E-state index contributed by atoms with van der Waals surface area (Å²) < 4.78 is 0. The topological polar surface area (TPSA) is 68.0 Å². The van der Waals surface area contributed by atoms with Crippen molar-refractivity contribution in [2.24, 2.45) is 0 Å². The van der Waals surface area contributed by atoms with Crippen LogP contribution in [-0.4, -0.2) is 57.1 Å². The van der Waals surface area contributed by atoms with E-state index < -0.39 is 0 Å². The number of hydrogen-bond donors (Lipinski definition) is 2. The molecule has 6 heteroatoms. The zero-order chi connectivity index (χ0) is 16.4. The lowest BCUT2D eigenvalue weighted by atomic mass is 9.92. The van der Waals surface area contributed by atoms with Gasteiger partial charge < -0.3 is 9.88 Å². The minimum absolute atomic E-state index is 0.0654. The van der Waals surface area contributed by atoms with Gasteiger partial charge in [0.15, 0.2) is 0 Å². The van der Waals surface area contributed by atoms with Gasteiger partial charge in [0.25, 0.3) is 5.91 Å². The van der Waals surface area contributed by atoms with Crippen LogP contribution in [0, 0.1) is 0 Å². The molecule has 1 saturated heterocycles. The highest BCUT2D eigenvalue weighted by atomic mass is 16.2. The molecular weight excluding hydrogens is 290 g/mol. The monoisotopic (exact) mass is 315 g/mol. The number of aromatic amines is 2. The summed E-state index contributed by atoms with van der Waals surface area (Å²) >= 11 is 0. The lowest BCUT2D eigenvalue weighted by Gasteiger charge is -2.34. The number of piperazine rings is 1.